The maximum absolute atomic E-state index is 9.62. The monoisotopic (exact) mass is 230 g/mol. The quantitative estimate of drug-likeness (QED) is 0.629. The fourth-order valence-corrected chi connectivity index (χ4v) is 1.84. The van der Waals surface area contributed by atoms with Gasteiger partial charge in [-0.2, -0.15) is 4.57 Å². The molecule has 3 heteroatoms. The summed E-state index contributed by atoms with van der Waals surface area (Å²) >= 11 is 0. The van der Waals surface area contributed by atoms with E-state index in [1.54, 1.807) is 12.4 Å². The zero-order valence-corrected chi connectivity index (χ0v) is 10.3. The molecule has 0 saturated carbocycles. The first-order valence-electron chi connectivity index (χ1n) is 5.98. The summed E-state index contributed by atoms with van der Waals surface area (Å²) in [6.45, 7) is 4.21. The molecular weight excluding hydrogens is 212 g/mol. The molecule has 0 aliphatic rings. The van der Waals surface area contributed by atoms with Gasteiger partial charge in [-0.3, -0.25) is 5.21 Å². The molecule has 88 valence electrons. The van der Waals surface area contributed by atoms with Gasteiger partial charge in [-0.1, -0.05) is 13.8 Å². The molecule has 0 spiro atoms. The molecule has 2 heterocycles. The average molecular weight is 230 g/mol. The van der Waals surface area contributed by atoms with Gasteiger partial charge in [-0.15, -0.1) is 0 Å². The number of hydrogen-bond donors (Lipinski definition) is 1. The lowest BCUT2D eigenvalue weighted by Crippen LogP contribution is -2.37. The van der Waals surface area contributed by atoms with Gasteiger partial charge in [-0.25, -0.2) is 0 Å². The summed E-state index contributed by atoms with van der Waals surface area (Å²) < 4.78 is 3.16. The number of nitrogens with zero attached hydrogens (tertiary/aromatic N) is 2. The number of rotatable bonds is 3. The summed E-state index contributed by atoms with van der Waals surface area (Å²) in [5.74, 6) is 0. The average Bonchev–Trinajstić information content (AvgIpc) is 2.38. The Labute approximate surface area is 102 Å². The molecule has 0 unspecified atom stereocenters. The molecule has 0 atom stereocenters. The Morgan fingerprint density at radius 2 is 1.82 bits per heavy atom. The fraction of sp³-hybridized carbons (Fsp3) is 0.286. The van der Waals surface area contributed by atoms with E-state index in [1.165, 1.54) is 5.56 Å². The molecule has 0 fully saturated rings. The van der Waals surface area contributed by atoms with Gasteiger partial charge in [0, 0.05) is 28.0 Å². The topological polar surface area (TPSA) is 28.0 Å². The van der Waals surface area contributed by atoms with E-state index in [4.69, 9.17) is 0 Å². The van der Waals surface area contributed by atoms with Gasteiger partial charge in [0.05, 0.1) is 0 Å². The van der Waals surface area contributed by atoms with E-state index in [-0.39, 0.29) is 0 Å². The summed E-state index contributed by atoms with van der Waals surface area (Å²) in [5, 5.41) is 9.62. The van der Waals surface area contributed by atoms with E-state index in [0.717, 1.165) is 28.8 Å². The third-order valence-corrected chi connectivity index (χ3v) is 2.87. The highest BCUT2D eigenvalue weighted by Crippen LogP contribution is 2.03. The van der Waals surface area contributed by atoms with Crippen LogP contribution in [0.1, 0.15) is 25.0 Å². The summed E-state index contributed by atoms with van der Waals surface area (Å²) in [7, 11) is 0. The third kappa shape index (κ3) is 2.61. The first-order valence-corrected chi connectivity index (χ1v) is 5.98. The summed E-state index contributed by atoms with van der Waals surface area (Å²) in [5.41, 5.74) is 3.36. The zero-order valence-electron chi connectivity index (χ0n) is 10.3. The van der Waals surface area contributed by atoms with Crippen LogP contribution in [0.5, 0.6) is 0 Å². The Balaban J connectivity index is 2.47. The molecule has 0 saturated heterocycles. The van der Waals surface area contributed by atoms with Crippen LogP contribution >= 0.6 is 0 Å². The van der Waals surface area contributed by atoms with Crippen molar-refractivity contribution in [3.63, 3.8) is 0 Å². The Morgan fingerprint density at radius 3 is 2.53 bits per heavy atom. The first kappa shape index (κ1) is 11.6. The molecule has 2 aromatic rings. The lowest BCUT2D eigenvalue weighted by molar-refractivity contribution is -0.907. The second-order valence-corrected chi connectivity index (χ2v) is 4.11. The van der Waals surface area contributed by atoms with E-state index < -0.39 is 0 Å². The molecule has 2 aromatic heterocycles. The fourth-order valence-electron chi connectivity index (χ4n) is 1.84. The van der Waals surface area contributed by atoms with E-state index in [9.17, 15) is 5.21 Å². The van der Waals surface area contributed by atoms with Crippen LogP contribution in [0, 0.1) is 0 Å². The van der Waals surface area contributed by atoms with Crippen LogP contribution in [0.15, 0.2) is 43.0 Å². The van der Waals surface area contributed by atoms with Crippen LogP contribution in [0.4, 0.5) is 0 Å². The molecule has 0 aliphatic heterocycles. The van der Waals surface area contributed by atoms with Gasteiger partial charge in [0.15, 0.2) is 12.4 Å². The molecule has 0 aromatic carbocycles. The van der Waals surface area contributed by atoms with Gasteiger partial charge in [-0.05, 0) is 18.9 Å². The summed E-state index contributed by atoms with van der Waals surface area (Å²) in [6.07, 6.45) is 9.44. The molecule has 0 bridgehead atoms. The second-order valence-electron chi connectivity index (χ2n) is 4.11. The van der Waals surface area contributed by atoms with Crippen LogP contribution in [0.3, 0.4) is 0 Å². The van der Waals surface area contributed by atoms with E-state index >= 15 is 0 Å². The Kier molecular flexibility index (Phi) is 3.38. The van der Waals surface area contributed by atoms with Crippen molar-refractivity contribution < 1.29 is 14.5 Å². The van der Waals surface area contributed by atoms with Crippen molar-refractivity contribution in [2.75, 3.05) is 0 Å². The van der Waals surface area contributed by atoms with Crippen molar-refractivity contribution in [1.82, 2.24) is 0 Å². The zero-order chi connectivity index (χ0) is 12.3. The Morgan fingerprint density at radius 1 is 1.06 bits per heavy atom. The van der Waals surface area contributed by atoms with Crippen molar-refractivity contribution in [2.45, 2.75) is 26.7 Å². The van der Waals surface area contributed by atoms with Gasteiger partial charge < -0.3 is 0 Å². The molecule has 0 amide bonds. The van der Waals surface area contributed by atoms with Crippen molar-refractivity contribution in [2.24, 2.45) is 0 Å². The molecule has 0 aliphatic carbocycles. The van der Waals surface area contributed by atoms with Gasteiger partial charge in [0.25, 0.3) is 11.9 Å². The maximum atomic E-state index is 9.62. The molecule has 3 nitrogen and oxygen atoms in total. The lowest BCUT2D eigenvalue weighted by atomic mass is 10.2. The molecule has 17 heavy (non-hydrogen) atoms. The van der Waals surface area contributed by atoms with Crippen molar-refractivity contribution in [3.8, 4) is 5.69 Å². The normalized spacial score (nSPS) is 10.5. The minimum Gasteiger partial charge on any atom is -0.285 e. The third-order valence-electron chi connectivity index (χ3n) is 2.87. The molecule has 1 N–H and O–H groups in total. The highest BCUT2D eigenvalue weighted by Gasteiger charge is 2.14. The number of hydrogen-bond acceptors (Lipinski definition) is 1. The van der Waals surface area contributed by atoms with Crippen molar-refractivity contribution in [1.29, 1.82) is 0 Å². The van der Waals surface area contributed by atoms with E-state index in [2.05, 4.69) is 32.2 Å². The smallest absolute Gasteiger partial charge is 0.285 e. The lowest BCUT2D eigenvalue weighted by Gasteiger charge is -1.98. The Bertz CT molecular complexity index is 523. The van der Waals surface area contributed by atoms with Crippen LogP contribution < -0.4 is 9.30 Å². The van der Waals surface area contributed by atoms with Gasteiger partial charge in [0.2, 0.25) is 6.20 Å². The highest BCUT2D eigenvalue weighted by atomic mass is 16.5. The SMILES string of the molecule is CCc1cc(-[n+]2cccc(CC)c2)c[n+](O)c1. The number of aromatic nitrogens is 2. The highest BCUT2D eigenvalue weighted by molar-refractivity contribution is 5.21. The predicted molar refractivity (Wildman–Crippen MR) is 64.1 cm³/mol. The van der Waals surface area contributed by atoms with E-state index in [0.29, 0.717) is 0 Å². The standard InChI is InChI=1S/C14H18N2O/c1-3-12-6-5-7-15(9-12)14-8-13(4-2)10-16(17)11-14/h5-11,17H,3-4H2,1-2H3/q+2. The largest absolute Gasteiger partial charge is 0.293 e. The minimum atomic E-state index is 0.905. The van der Waals surface area contributed by atoms with Crippen molar-refractivity contribution in [3.05, 3.63) is 54.1 Å². The van der Waals surface area contributed by atoms with Crippen LogP contribution in [0.25, 0.3) is 5.69 Å². The van der Waals surface area contributed by atoms with E-state index in [1.807, 2.05) is 16.8 Å². The van der Waals surface area contributed by atoms with Crippen LogP contribution in [-0.2, 0) is 12.8 Å². The molecule has 0 radical (unpaired) electrons. The van der Waals surface area contributed by atoms with Gasteiger partial charge in [0.1, 0.15) is 0 Å². The van der Waals surface area contributed by atoms with Crippen molar-refractivity contribution >= 4 is 0 Å². The Hall–Kier alpha value is -1.90. The minimum absolute atomic E-state index is 0.905. The first-order chi connectivity index (χ1) is 8.22. The molecule has 2 rings (SSSR count). The van der Waals surface area contributed by atoms with Gasteiger partial charge >= 0.3 is 0 Å². The predicted octanol–water partition coefficient (Wildman–Crippen LogP) is 1.61. The second kappa shape index (κ2) is 4.95. The summed E-state index contributed by atoms with van der Waals surface area (Å²) in [4.78, 5) is 0. The number of pyridine rings is 2. The van der Waals surface area contributed by atoms with Crippen LogP contribution in [-0.4, -0.2) is 5.21 Å². The number of aryl methyl sites for hydroxylation is 2. The molecular formula is C14H18N2O+2. The maximum Gasteiger partial charge on any atom is 0.293 e. The van der Waals surface area contributed by atoms with Crippen LogP contribution in [0.2, 0.25) is 0 Å². The summed E-state index contributed by atoms with van der Waals surface area (Å²) in [6, 6.07) is 6.22.